The van der Waals surface area contributed by atoms with Crippen LogP contribution in [0.1, 0.15) is 79.0 Å². The molecule has 1 aromatic heterocycles. The SMILES string of the molecule is Cc1ccc(CNC(=O)[C@H](CCc2cccc(C=C(C#N)C(=O)NC(C)(C)C)c2)CC(=O)[C@@H](NC(=O)c2cc(C)on2)[C@@H](C)O)cc1. The van der Waals surface area contributed by atoms with Gasteiger partial charge in [-0.1, -0.05) is 59.3 Å². The van der Waals surface area contributed by atoms with Gasteiger partial charge < -0.3 is 25.6 Å². The van der Waals surface area contributed by atoms with Crippen LogP contribution in [-0.4, -0.2) is 51.5 Å². The Morgan fingerprint density at radius 2 is 1.74 bits per heavy atom. The third kappa shape index (κ3) is 11.7. The van der Waals surface area contributed by atoms with Gasteiger partial charge in [-0.2, -0.15) is 5.26 Å². The number of hydrogen-bond acceptors (Lipinski definition) is 8. The van der Waals surface area contributed by atoms with Crippen LogP contribution >= 0.6 is 0 Å². The number of nitrogens with zero attached hydrogens (tertiary/aromatic N) is 2. The van der Waals surface area contributed by atoms with Crippen LogP contribution in [0.15, 0.2) is 64.7 Å². The number of carbonyl (C=O) groups excluding carboxylic acids is 4. The minimum absolute atomic E-state index is 0.0299. The van der Waals surface area contributed by atoms with Crippen molar-refractivity contribution in [2.75, 3.05) is 0 Å². The number of ketones is 1. The second kappa shape index (κ2) is 16.5. The quantitative estimate of drug-likeness (QED) is 0.150. The first kappa shape index (κ1) is 36.4. The zero-order chi connectivity index (χ0) is 34.7. The van der Waals surface area contributed by atoms with Crippen molar-refractivity contribution in [1.29, 1.82) is 5.26 Å². The van der Waals surface area contributed by atoms with Gasteiger partial charge in [0.05, 0.1) is 6.10 Å². The molecule has 0 spiro atoms. The summed E-state index contributed by atoms with van der Waals surface area (Å²) in [5.41, 5.74) is 2.88. The number of amides is 3. The number of nitrogens with one attached hydrogen (secondary N) is 3. The number of Topliss-reactive ketones (excluding diaryl/α,β-unsaturated/α-hetero) is 1. The summed E-state index contributed by atoms with van der Waals surface area (Å²) in [5.74, 6) is -2.39. The molecule has 0 saturated carbocycles. The molecule has 0 aliphatic heterocycles. The van der Waals surface area contributed by atoms with E-state index in [2.05, 4.69) is 21.1 Å². The van der Waals surface area contributed by atoms with Gasteiger partial charge in [-0.25, -0.2) is 0 Å². The monoisotopic (exact) mass is 641 g/mol. The van der Waals surface area contributed by atoms with E-state index in [1.165, 1.54) is 19.1 Å². The minimum Gasteiger partial charge on any atom is -0.391 e. The predicted molar refractivity (Wildman–Crippen MR) is 177 cm³/mol. The summed E-state index contributed by atoms with van der Waals surface area (Å²) in [7, 11) is 0. The Kier molecular flexibility index (Phi) is 12.8. The molecular weight excluding hydrogens is 598 g/mol. The summed E-state index contributed by atoms with van der Waals surface area (Å²) in [6.45, 7) is 10.7. The molecule has 3 rings (SSSR count). The molecule has 4 N–H and O–H groups in total. The zero-order valence-corrected chi connectivity index (χ0v) is 27.7. The van der Waals surface area contributed by atoms with E-state index in [-0.39, 0.29) is 36.6 Å². The first-order valence-electron chi connectivity index (χ1n) is 15.5. The van der Waals surface area contributed by atoms with Crippen LogP contribution in [0.4, 0.5) is 0 Å². The molecule has 11 heteroatoms. The van der Waals surface area contributed by atoms with Gasteiger partial charge in [0.25, 0.3) is 11.8 Å². The normalized spacial score (nSPS) is 13.5. The third-order valence-electron chi connectivity index (χ3n) is 7.28. The second-order valence-corrected chi connectivity index (χ2v) is 12.7. The highest BCUT2D eigenvalue weighted by Crippen LogP contribution is 2.19. The number of benzene rings is 2. The Balaban J connectivity index is 1.79. The summed E-state index contributed by atoms with van der Waals surface area (Å²) in [6, 6.07) is 17.1. The Morgan fingerprint density at radius 3 is 2.34 bits per heavy atom. The van der Waals surface area contributed by atoms with E-state index in [9.17, 15) is 29.5 Å². The highest BCUT2D eigenvalue weighted by molar-refractivity contribution is 6.02. The molecule has 47 heavy (non-hydrogen) atoms. The fourth-order valence-corrected chi connectivity index (χ4v) is 4.80. The van der Waals surface area contributed by atoms with Gasteiger partial charge in [0.2, 0.25) is 5.91 Å². The average Bonchev–Trinajstić information content (AvgIpc) is 3.45. The predicted octanol–water partition coefficient (Wildman–Crippen LogP) is 4.12. The third-order valence-corrected chi connectivity index (χ3v) is 7.28. The molecule has 0 aliphatic carbocycles. The molecule has 11 nitrogen and oxygen atoms in total. The number of aromatic nitrogens is 1. The first-order valence-corrected chi connectivity index (χ1v) is 15.5. The molecule has 2 aromatic carbocycles. The fourth-order valence-electron chi connectivity index (χ4n) is 4.80. The number of aliphatic hydroxyl groups excluding tert-OH is 1. The minimum atomic E-state index is -1.27. The molecule has 3 atom stereocenters. The van der Waals surface area contributed by atoms with Gasteiger partial charge in [0.15, 0.2) is 11.5 Å². The van der Waals surface area contributed by atoms with E-state index in [1.54, 1.807) is 19.1 Å². The van der Waals surface area contributed by atoms with Crippen molar-refractivity contribution in [2.24, 2.45) is 5.92 Å². The van der Waals surface area contributed by atoms with E-state index in [0.29, 0.717) is 17.7 Å². The number of nitriles is 1. The lowest BCUT2D eigenvalue weighted by Gasteiger charge is -2.23. The maximum absolute atomic E-state index is 13.5. The Hall–Kier alpha value is -5.08. The van der Waals surface area contributed by atoms with E-state index in [0.717, 1.165) is 16.7 Å². The standard InChI is InChI=1S/C36H43N5O6/c1-22-10-12-26(13-11-22)21-38-33(44)28(19-31(43)32(24(3)42)39-35(46)30-16-23(2)47-41-30)15-14-25-8-7-9-27(17-25)18-29(20-37)34(45)40-36(4,5)6/h7-13,16-18,24,28,32,42H,14-15,19,21H2,1-6H3,(H,38,44)(H,39,46)(H,40,45)/t24-,28-,32+/m1/s1. The van der Waals surface area contributed by atoms with E-state index in [4.69, 9.17) is 4.52 Å². The molecule has 248 valence electrons. The largest absolute Gasteiger partial charge is 0.391 e. The van der Waals surface area contributed by atoms with Crippen molar-refractivity contribution in [2.45, 2.75) is 85.0 Å². The van der Waals surface area contributed by atoms with Crippen molar-refractivity contribution in [3.63, 3.8) is 0 Å². The molecule has 0 aliphatic rings. The van der Waals surface area contributed by atoms with Crippen molar-refractivity contribution in [3.05, 3.63) is 93.9 Å². The maximum Gasteiger partial charge on any atom is 0.274 e. The van der Waals surface area contributed by atoms with Crippen LogP contribution in [0, 0.1) is 31.1 Å². The number of aryl methyl sites for hydroxylation is 3. The summed E-state index contributed by atoms with van der Waals surface area (Å²) in [6.07, 6.45) is 0.712. The molecule has 1 heterocycles. The lowest BCUT2D eigenvalue weighted by atomic mass is 9.90. The van der Waals surface area contributed by atoms with Gasteiger partial charge >= 0.3 is 0 Å². The van der Waals surface area contributed by atoms with E-state index < -0.39 is 41.2 Å². The molecule has 0 radical (unpaired) electrons. The van der Waals surface area contributed by atoms with Crippen molar-refractivity contribution >= 4 is 29.6 Å². The lowest BCUT2D eigenvalue weighted by molar-refractivity contribution is -0.131. The fraction of sp³-hybridized carbons (Fsp3) is 0.389. The van der Waals surface area contributed by atoms with Crippen molar-refractivity contribution in [3.8, 4) is 6.07 Å². The molecule has 3 amide bonds. The molecule has 3 aromatic rings. The van der Waals surface area contributed by atoms with Crippen LogP contribution in [0.5, 0.6) is 0 Å². The molecule has 0 saturated heterocycles. The lowest BCUT2D eigenvalue weighted by Crippen LogP contribution is -2.49. The number of carbonyl (C=O) groups is 4. The van der Waals surface area contributed by atoms with E-state index in [1.807, 2.05) is 70.2 Å². The Labute approximate surface area is 275 Å². The van der Waals surface area contributed by atoms with Gasteiger partial charge in [0, 0.05) is 30.5 Å². The van der Waals surface area contributed by atoms with Crippen LogP contribution in [0.2, 0.25) is 0 Å². The Morgan fingerprint density at radius 1 is 1.04 bits per heavy atom. The van der Waals surface area contributed by atoms with Gasteiger partial charge in [-0.15, -0.1) is 0 Å². The van der Waals surface area contributed by atoms with Gasteiger partial charge in [-0.3, -0.25) is 19.2 Å². The molecule has 0 unspecified atom stereocenters. The highest BCUT2D eigenvalue weighted by atomic mass is 16.5. The average molecular weight is 642 g/mol. The molecular formula is C36H43N5O6. The maximum atomic E-state index is 13.5. The number of rotatable bonds is 14. The molecule has 0 bridgehead atoms. The summed E-state index contributed by atoms with van der Waals surface area (Å²) >= 11 is 0. The second-order valence-electron chi connectivity index (χ2n) is 12.7. The van der Waals surface area contributed by atoms with Gasteiger partial charge in [-0.05, 0) is 77.2 Å². The number of hydrogen-bond donors (Lipinski definition) is 4. The number of aliphatic hydroxyl groups is 1. The molecule has 0 fully saturated rings. The van der Waals surface area contributed by atoms with Crippen LogP contribution in [-0.2, 0) is 27.3 Å². The summed E-state index contributed by atoms with van der Waals surface area (Å²) in [5, 5.41) is 31.9. The van der Waals surface area contributed by atoms with Crippen molar-refractivity contribution < 1.29 is 28.8 Å². The first-order chi connectivity index (χ1) is 22.1. The van der Waals surface area contributed by atoms with Crippen LogP contribution in [0.3, 0.4) is 0 Å². The topological polar surface area (TPSA) is 174 Å². The van der Waals surface area contributed by atoms with E-state index >= 15 is 0 Å². The zero-order valence-electron chi connectivity index (χ0n) is 27.7. The van der Waals surface area contributed by atoms with Crippen molar-refractivity contribution in [1.82, 2.24) is 21.1 Å². The van der Waals surface area contributed by atoms with Crippen LogP contribution < -0.4 is 16.0 Å². The Bertz CT molecular complexity index is 1640. The smallest absolute Gasteiger partial charge is 0.274 e. The summed E-state index contributed by atoms with van der Waals surface area (Å²) < 4.78 is 4.94. The highest BCUT2D eigenvalue weighted by Gasteiger charge is 2.31. The van der Waals surface area contributed by atoms with Gasteiger partial charge in [0.1, 0.15) is 23.4 Å². The van der Waals surface area contributed by atoms with Crippen LogP contribution in [0.25, 0.3) is 6.08 Å². The summed E-state index contributed by atoms with van der Waals surface area (Å²) in [4.78, 5) is 52.3.